The Kier molecular flexibility index (Phi) is 19.7. The quantitative estimate of drug-likeness (QED) is 0.0601. The van der Waals surface area contributed by atoms with Crippen molar-refractivity contribution in [3.63, 3.8) is 0 Å². The fraction of sp³-hybridized carbons (Fsp3) is 0.269. The summed E-state index contributed by atoms with van der Waals surface area (Å²) in [5, 5.41) is 44.1. The zero-order chi connectivity index (χ0) is 46.5. The van der Waals surface area contributed by atoms with Crippen molar-refractivity contribution in [3.8, 4) is 11.5 Å². The highest BCUT2D eigenvalue weighted by Gasteiger charge is 2.34. The lowest BCUT2D eigenvalue weighted by Gasteiger charge is -2.36. The number of nitro groups is 2. The van der Waals surface area contributed by atoms with E-state index in [0.29, 0.717) is 35.6 Å². The van der Waals surface area contributed by atoms with Gasteiger partial charge >= 0.3 is 0 Å². The number of rotatable bonds is 12. The Bertz CT molecular complexity index is 2630. The molecule has 2 aliphatic rings. The van der Waals surface area contributed by atoms with Gasteiger partial charge in [-0.25, -0.2) is 0 Å². The van der Waals surface area contributed by atoms with Crippen LogP contribution in [-0.2, 0) is 39.1 Å². The summed E-state index contributed by atoms with van der Waals surface area (Å²) in [6, 6.07) is 40.3. The highest BCUT2D eigenvalue weighted by atomic mass is 35.5. The summed E-state index contributed by atoms with van der Waals surface area (Å²) in [6.07, 6.45) is 1.45. The number of hydrogen-bond acceptors (Lipinski definition) is 11. The van der Waals surface area contributed by atoms with E-state index in [1.54, 1.807) is 13.8 Å². The summed E-state index contributed by atoms with van der Waals surface area (Å²) in [5.74, 6) is 0.245. The van der Waals surface area contributed by atoms with E-state index in [1.807, 2.05) is 84.9 Å². The third kappa shape index (κ3) is 13.8. The van der Waals surface area contributed by atoms with Crippen molar-refractivity contribution in [2.45, 2.75) is 79.9 Å². The molecule has 15 heteroatoms. The summed E-state index contributed by atoms with van der Waals surface area (Å²) < 4.78 is 11.4. The Morgan fingerprint density at radius 1 is 0.657 bits per heavy atom. The molecule has 0 aliphatic carbocycles. The average molecular weight is 933 g/mol. The Morgan fingerprint density at radius 2 is 1.10 bits per heavy atom. The number of nitrogens with zero attached hydrogens (tertiary/aromatic N) is 3. The van der Waals surface area contributed by atoms with Crippen LogP contribution in [-0.4, -0.2) is 61.4 Å². The number of aliphatic hydroxyl groups is 2. The van der Waals surface area contributed by atoms with Gasteiger partial charge in [-0.15, -0.1) is 0 Å². The molecule has 0 bridgehead atoms. The highest BCUT2D eigenvalue weighted by molar-refractivity contribution is 6.68. The van der Waals surface area contributed by atoms with Crippen LogP contribution in [0.4, 0.5) is 11.4 Å². The number of nitrogens with one attached hydrogen (secondary N) is 1. The average Bonchev–Trinajstić information content (AvgIpc) is 3.33. The lowest BCUT2D eigenvalue weighted by molar-refractivity contribution is -0.385. The minimum absolute atomic E-state index is 0. The monoisotopic (exact) mass is 932 g/mol. The number of ether oxygens (including phenoxy) is 2. The molecular formula is C52H57ClN4O10. The van der Waals surface area contributed by atoms with Crippen LogP contribution in [0.3, 0.4) is 0 Å². The predicted octanol–water partition coefficient (Wildman–Crippen LogP) is 9.87. The minimum Gasteiger partial charge on any atom is -0.488 e. The molecule has 6 aromatic rings. The van der Waals surface area contributed by atoms with Gasteiger partial charge < -0.3 is 29.9 Å². The first-order valence-corrected chi connectivity index (χ1v) is 21.3. The van der Waals surface area contributed by atoms with Gasteiger partial charge in [0.15, 0.2) is 0 Å². The van der Waals surface area contributed by atoms with Crippen molar-refractivity contribution in [2.75, 3.05) is 13.2 Å². The molecule has 352 valence electrons. The Hall–Kier alpha value is -6.97. The van der Waals surface area contributed by atoms with Gasteiger partial charge in [0.05, 0.1) is 41.2 Å². The predicted molar refractivity (Wildman–Crippen MR) is 260 cm³/mol. The van der Waals surface area contributed by atoms with Gasteiger partial charge in [-0.2, -0.15) is 0 Å². The standard InChI is InChI=1S/C25H24N2O5.C15H12ClNO4.C10H13NO.2CH4/c1-17-11-22(23(27(30)31)13-24(17)32-16-18-7-3-2-4-8-18)25(29)26-14-20-10-6-5-9-19(20)12-21(26)15-28;1-10-7-12(15(16)18)13(17(19)20)8-14(10)21-9-11-5-3-2-4-6-11;12-7-10-5-8-3-1-2-4-9(8)6-11-10;;/h2-11,13,21,28H,12,14-16H2,1H3;2-8H,9H2,1H3;1-4,10-12H,5-7H2;2*1H4/t21-;;10-;;/m0.0../s1. The highest BCUT2D eigenvalue weighted by Crippen LogP contribution is 2.33. The normalized spacial score (nSPS) is 14.4. The third-order valence-electron chi connectivity index (χ3n) is 11.1. The molecule has 0 unspecified atom stereocenters. The largest absolute Gasteiger partial charge is 0.488 e. The van der Waals surface area contributed by atoms with Gasteiger partial charge in [-0.3, -0.25) is 29.8 Å². The smallest absolute Gasteiger partial charge is 0.285 e. The molecule has 0 saturated carbocycles. The number of aliphatic hydroxyl groups excluding tert-OH is 2. The van der Waals surface area contributed by atoms with Gasteiger partial charge in [0.2, 0.25) is 0 Å². The molecule has 0 saturated heterocycles. The molecule has 3 N–H and O–H groups in total. The SMILES string of the molecule is C.C.Cc1cc(C(=O)Cl)c([N+](=O)[O-])cc1OCc1ccccc1.Cc1cc(C(=O)N2Cc3ccccc3C[C@H]2CO)c([N+](=O)[O-])cc1OCc1ccccc1.OC[C@@H]1Cc2ccccc2CN1. The van der Waals surface area contributed by atoms with E-state index in [4.69, 9.17) is 26.2 Å². The van der Waals surface area contributed by atoms with E-state index in [2.05, 4.69) is 29.6 Å². The number of benzene rings is 6. The summed E-state index contributed by atoms with van der Waals surface area (Å²) in [4.78, 5) is 47.8. The van der Waals surface area contributed by atoms with Crippen LogP contribution in [0.1, 0.15) is 80.1 Å². The van der Waals surface area contributed by atoms with E-state index in [9.17, 15) is 34.9 Å². The van der Waals surface area contributed by atoms with E-state index < -0.39 is 27.0 Å². The molecule has 0 aromatic heterocycles. The number of nitro benzene ring substituents is 2. The van der Waals surface area contributed by atoms with E-state index in [1.165, 1.54) is 40.3 Å². The molecule has 2 heterocycles. The number of fused-ring (bicyclic) bond motifs is 2. The molecule has 2 atom stereocenters. The van der Waals surface area contributed by atoms with Gasteiger partial charge in [0.1, 0.15) is 35.8 Å². The number of halogens is 1. The van der Waals surface area contributed by atoms with Gasteiger partial charge in [0.25, 0.3) is 22.5 Å². The molecule has 0 fully saturated rings. The molecule has 1 amide bonds. The van der Waals surface area contributed by atoms with Crippen molar-refractivity contribution < 1.29 is 39.1 Å². The van der Waals surface area contributed by atoms with E-state index in [0.717, 1.165) is 35.2 Å². The lowest BCUT2D eigenvalue weighted by Crippen LogP contribution is -2.46. The van der Waals surface area contributed by atoms with Crippen LogP contribution in [0.5, 0.6) is 11.5 Å². The van der Waals surface area contributed by atoms with Crippen molar-refractivity contribution in [1.82, 2.24) is 10.2 Å². The third-order valence-corrected chi connectivity index (χ3v) is 11.3. The zero-order valence-electron chi connectivity index (χ0n) is 35.9. The van der Waals surface area contributed by atoms with Crippen LogP contribution in [0.25, 0.3) is 0 Å². The molecule has 14 nitrogen and oxygen atoms in total. The summed E-state index contributed by atoms with van der Waals surface area (Å²) >= 11 is 5.37. The van der Waals surface area contributed by atoms with E-state index >= 15 is 0 Å². The van der Waals surface area contributed by atoms with Crippen LogP contribution >= 0.6 is 11.6 Å². The lowest BCUT2D eigenvalue weighted by atomic mass is 9.93. The molecule has 2 aliphatic heterocycles. The molecule has 8 rings (SSSR count). The second-order valence-corrected chi connectivity index (χ2v) is 15.9. The van der Waals surface area contributed by atoms with Crippen molar-refractivity contribution in [1.29, 1.82) is 0 Å². The fourth-order valence-corrected chi connectivity index (χ4v) is 7.71. The zero-order valence-corrected chi connectivity index (χ0v) is 36.6. The Morgan fingerprint density at radius 3 is 1.58 bits per heavy atom. The van der Waals surface area contributed by atoms with Crippen LogP contribution in [0.15, 0.2) is 133 Å². The van der Waals surface area contributed by atoms with Crippen LogP contribution in [0.2, 0.25) is 0 Å². The van der Waals surface area contributed by atoms with Crippen molar-refractivity contribution in [2.24, 2.45) is 0 Å². The number of carbonyl (C=O) groups excluding carboxylic acids is 2. The second kappa shape index (κ2) is 25.1. The number of amides is 1. The first-order valence-electron chi connectivity index (χ1n) is 20.9. The molecular weight excluding hydrogens is 876 g/mol. The van der Waals surface area contributed by atoms with Crippen LogP contribution < -0.4 is 14.8 Å². The van der Waals surface area contributed by atoms with Crippen molar-refractivity contribution >= 4 is 34.1 Å². The van der Waals surface area contributed by atoms with Gasteiger partial charge in [-0.1, -0.05) is 124 Å². The Labute approximate surface area is 396 Å². The number of hydrogen-bond donors (Lipinski definition) is 3. The van der Waals surface area contributed by atoms with Gasteiger partial charge in [0, 0.05) is 19.1 Å². The Balaban J connectivity index is 0.000000240. The van der Waals surface area contributed by atoms with Crippen molar-refractivity contribution in [3.05, 3.63) is 209 Å². The summed E-state index contributed by atoms with van der Waals surface area (Å²) in [5.41, 5.74) is 7.11. The van der Waals surface area contributed by atoms with E-state index in [-0.39, 0.29) is 69.8 Å². The summed E-state index contributed by atoms with van der Waals surface area (Å²) in [6.45, 7) is 5.21. The van der Waals surface area contributed by atoms with Gasteiger partial charge in [-0.05, 0) is 94.9 Å². The van der Waals surface area contributed by atoms with Crippen LogP contribution in [0, 0.1) is 34.1 Å². The first kappa shape index (κ1) is 52.7. The number of aryl methyl sites for hydroxylation is 2. The topological polar surface area (TPSA) is 195 Å². The molecule has 0 radical (unpaired) electrons. The maximum absolute atomic E-state index is 13.4. The second-order valence-electron chi connectivity index (χ2n) is 15.6. The molecule has 0 spiro atoms. The fourth-order valence-electron chi connectivity index (χ4n) is 7.56. The maximum Gasteiger partial charge on any atom is 0.285 e. The number of carbonyl (C=O) groups is 2. The minimum atomic E-state index is -0.862. The maximum atomic E-state index is 13.4. The summed E-state index contributed by atoms with van der Waals surface area (Å²) in [7, 11) is 0. The first-order chi connectivity index (χ1) is 31.4. The molecule has 67 heavy (non-hydrogen) atoms. The molecule has 6 aromatic carbocycles.